The summed E-state index contributed by atoms with van der Waals surface area (Å²) < 4.78 is 6.57. The summed E-state index contributed by atoms with van der Waals surface area (Å²) in [5.74, 6) is 4.01. The number of rotatable bonds is 4. The first-order valence-corrected chi connectivity index (χ1v) is 8.03. The van der Waals surface area contributed by atoms with Gasteiger partial charge in [0.15, 0.2) is 0 Å². The van der Waals surface area contributed by atoms with E-state index < -0.39 is 0 Å². The Kier molecular flexibility index (Phi) is 4.11. The van der Waals surface area contributed by atoms with Crippen molar-refractivity contribution in [2.45, 2.75) is 78.9 Å². The molecule has 106 valence electrons. The van der Waals surface area contributed by atoms with E-state index >= 15 is 0 Å². The normalized spacial score (nSPS) is 44.0. The highest BCUT2D eigenvalue weighted by molar-refractivity contribution is 5.05. The summed E-state index contributed by atoms with van der Waals surface area (Å²) in [4.78, 5) is 0. The Hall–Kier alpha value is -0.0400. The van der Waals surface area contributed by atoms with Crippen LogP contribution in [0.4, 0.5) is 0 Å². The van der Waals surface area contributed by atoms with Crippen molar-refractivity contribution in [1.29, 1.82) is 0 Å². The maximum atomic E-state index is 6.57. The van der Waals surface area contributed by atoms with Gasteiger partial charge in [-0.25, -0.2) is 0 Å². The minimum atomic E-state index is 0.217. The molecular formula is C17H32O. The molecule has 5 atom stereocenters. The first kappa shape index (κ1) is 14.4. The highest BCUT2D eigenvalue weighted by atomic mass is 16.5. The Morgan fingerprint density at radius 3 is 2.33 bits per heavy atom. The molecule has 1 heteroatoms. The molecule has 2 rings (SSSR count). The van der Waals surface area contributed by atoms with Gasteiger partial charge in [-0.05, 0) is 62.2 Å². The number of hydrogen-bond donors (Lipinski definition) is 0. The summed E-state index contributed by atoms with van der Waals surface area (Å²) >= 11 is 0. The third kappa shape index (κ3) is 2.48. The molecule has 1 aliphatic carbocycles. The van der Waals surface area contributed by atoms with Crippen LogP contribution in [0.5, 0.6) is 0 Å². The lowest BCUT2D eigenvalue weighted by Crippen LogP contribution is -2.44. The van der Waals surface area contributed by atoms with E-state index in [2.05, 4.69) is 41.5 Å². The van der Waals surface area contributed by atoms with Crippen LogP contribution in [0.2, 0.25) is 0 Å². The van der Waals surface area contributed by atoms with Crippen LogP contribution in [0.1, 0.15) is 67.2 Å². The highest BCUT2D eigenvalue weighted by Gasteiger charge is 2.57. The minimum Gasteiger partial charge on any atom is -0.371 e. The van der Waals surface area contributed by atoms with E-state index in [4.69, 9.17) is 4.74 Å². The van der Waals surface area contributed by atoms with Crippen LogP contribution in [-0.4, -0.2) is 11.7 Å². The molecule has 0 aromatic rings. The van der Waals surface area contributed by atoms with Gasteiger partial charge < -0.3 is 4.74 Å². The van der Waals surface area contributed by atoms with Crippen LogP contribution in [-0.2, 0) is 4.74 Å². The first-order valence-electron chi connectivity index (χ1n) is 8.03. The van der Waals surface area contributed by atoms with Crippen LogP contribution >= 0.6 is 0 Å². The van der Waals surface area contributed by atoms with E-state index in [9.17, 15) is 0 Å². The summed E-state index contributed by atoms with van der Waals surface area (Å²) in [5.41, 5.74) is 0.217. The second-order valence-electron chi connectivity index (χ2n) is 7.82. The standard InChI is InChI=1S/C17H32O/c1-11(2)9-15-16-13(5)7-8-17(15,10-12(3)4)18-14(16)6/h11-16H,7-10H2,1-6H3. The van der Waals surface area contributed by atoms with Crippen molar-refractivity contribution >= 4 is 0 Å². The fourth-order valence-electron chi connectivity index (χ4n) is 4.85. The Morgan fingerprint density at radius 1 is 1.11 bits per heavy atom. The van der Waals surface area contributed by atoms with E-state index in [1.54, 1.807) is 0 Å². The molecule has 0 aromatic heterocycles. The number of fused-ring (bicyclic) bond motifs is 2. The molecule has 0 N–H and O–H groups in total. The Morgan fingerprint density at radius 2 is 1.78 bits per heavy atom. The van der Waals surface area contributed by atoms with E-state index in [0.717, 1.165) is 29.6 Å². The van der Waals surface area contributed by atoms with Gasteiger partial charge in [-0.3, -0.25) is 0 Å². The van der Waals surface area contributed by atoms with E-state index in [0.29, 0.717) is 6.10 Å². The topological polar surface area (TPSA) is 9.23 Å². The first-order chi connectivity index (χ1) is 8.35. The monoisotopic (exact) mass is 252 g/mol. The smallest absolute Gasteiger partial charge is 0.0720 e. The lowest BCUT2D eigenvalue weighted by atomic mass is 9.61. The van der Waals surface area contributed by atoms with Gasteiger partial charge >= 0.3 is 0 Å². The van der Waals surface area contributed by atoms with Gasteiger partial charge in [0.05, 0.1) is 11.7 Å². The maximum Gasteiger partial charge on any atom is 0.0720 e. The zero-order valence-electron chi connectivity index (χ0n) is 13.2. The summed E-state index contributed by atoms with van der Waals surface area (Å²) in [5, 5.41) is 0. The molecule has 1 heterocycles. The van der Waals surface area contributed by atoms with Gasteiger partial charge in [-0.15, -0.1) is 0 Å². The van der Waals surface area contributed by atoms with Gasteiger partial charge in [0, 0.05) is 0 Å². The van der Waals surface area contributed by atoms with E-state index in [1.165, 1.54) is 25.7 Å². The second-order valence-corrected chi connectivity index (χ2v) is 7.82. The SMILES string of the molecule is CC(C)CC1C2C(C)CCC1(CC(C)C)OC2C. The zero-order valence-corrected chi connectivity index (χ0v) is 13.2. The van der Waals surface area contributed by atoms with Crippen LogP contribution in [0.15, 0.2) is 0 Å². The van der Waals surface area contributed by atoms with E-state index in [1.807, 2.05) is 0 Å². The fourth-order valence-corrected chi connectivity index (χ4v) is 4.85. The van der Waals surface area contributed by atoms with Crippen molar-refractivity contribution in [1.82, 2.24) is 0 Å². The van der Waals surface area contributed by atoms with Crippen LogP contribution < -0.4 is 0 Å². The lowest BCUT2D eigenvalue weighted by Gasteiger charge is -2.44. The predicted molar refractivity (Wildman–Crippen MR) is 77.6 cm³/mol. The van der Waals surface area contributed by atoms with Crippen molar-refractivity contribution in [3.05, 3.63) is 0 Å². The zero-order chi connectivity index (χ0) is 13.5. The van der Waals surface area contributed by atoms with Gasteiger partial charge in [0.2, 0.25) is 0 Å². The third-order valence-electron chi connectivity index (χ3n) is 5.26. The Labute approximate surface area is 114 Å². The van der Waals surface area contributed by atoms with Crippen LogP contribution in [0.3, 0.4) is 0 Å². The maximum absolute atomic E-state index is 6.57. The molecule has 1 nitrogen and oxygen atoms in total. The highest BCUT2D eigenvalue weighted by Crippen LogP contribution is 2.56. The van der Waals surface area contributed by atoms with Crippen molar-refractivity contribution in [2.75, 3.05) is 0 Å². The third-order valence-corrected chi connectivity index (χ3v) is 5.26. The molecule has 1 saturated carbocycles. The molecule has 0 aromatic carbocycles. The van der Waals surface area contributed by atoms with Gasteiger partial charge in [-0.2, -0.15) is 0 Å². The summed E-state index contributed by atoms with van der Waals surface area (Å²) in [6.07, 6.45) is 5.76. The summed E-state index contributed by atoms with van der Waals surface area (Å²) in [6, 6.07) is 0. The summed E-state index contributed by atoms with van der Waals surface area (Å²) in [7, 11) is 0. The Bertz CT molecular complexity index is 283. The van der Waals surface area contributed by atoms with Crippen LogP contribution in [0, 0.1) is 29.6 Å². The average molecular weight is 252 g/mol. The van der Waals surface area contributed by atoms with Crippen molar-refractivity contribution in [2.24, 2.45) is 29.6 Å². The number of ether oxygens (including phenoxy) is 1. The van der Waals surface area contributed by atoms with Gasteiger partial charge in [0.25, 0.3) is 0 Å². The molecular weight excluding hydrogens is 220 g/mol. The molecule has 1 saturated heterocycles. The molecule has 1 aliphatic heterocycles. The van der Waals surface area contributed by atoms with Gasteiger partial charge in [-0.1, -0.05) is 34.6 Å². The molecule has 2 bridgehead atoms. The molecule has 5 unspecified atom stereocenters. The lowest BCUT2D eigenvalue weighted by molar-refractivity contribution is -0.0762. The predicted octanol–water partition coefficient (Wildman–Crippen LogP) is 4.90. The molecule has 2 fully saturated rings. The van der Waals surface area contributed by atoms with Crippen molar-refractivity contribution in [3.63, 3.8) is 0 Å². The van der Waals surface area contributed by atoms with Gasteiger partial charge in [0.1, 0.15) is 0 Å². The largest absolute Gasteiger partial charge is 0.371 e. The molecule has 18 heavy (non-hydrogen) atoms. The Balaban J connectivity index is 2.25. The average Bonchev–Trinajstić information content (AvgIpc) is 2.39. The van der Waals surface area contributed by atoms with E-state index in [-0.39, 0.29) is 5.60 Å². The molecule has 2 aliphatic rings. The molecule has 0 spiro atoms. The van der Waals surface area contributed by atoms with Crippen molar-refractivity contribution < 1.29 is 4.74 Å². The number of hydrogen-bond acceptors (Lipinski definition) is 1. The second kappa shape index (κ2) is 5.15. The quantitative estimate of drug-likeness (QED) is 0.691. The molecule has 0 amide bonds. The minimum absolute atomic E-state index is 0.217. The van der Waals surface area contributed by atoms with Crippen LogP contribution in [0.25, 0.3) is 0 Å². The van der Waals surface area contributed by atoms with Crippen molar-refractivity contribution in [3.8, 4) is 0 Å². The summed E-state index contributed by atoms with van der Waals surface area (Å²) in [6.45, 7) is 14.2. The fraction of sp³-hybridized carbons (Fsp3) is 1.00. The molecule has 0 radical (unpaired) electrons.